The summed E-state index contributed by atoms with van der Waals surface area (Å²) >= 11 is 0. The molecule has 5 heteroatoms. The van der Waals surface area contributed by atoms with E-state index >= 15 is 0 Å². The van der Waals surface area contributed by atoms with Gasteiger partial charge in [-0.2, -0.15) is 0 Å². The molecule has 1 atom stereocenters. The quantitative estimate of drug-likeness (QED) is 0.922. The smallest absolute Gasteiger partial charge is 0.235 e. The predicted octanol–water partition coefficient (Wildman–Crippen LogP) is 1.90. The topological polar surface area (TPSA) is 63.4 Å². The first kappa shape index (κ1) is 13.9. The minimum absolute atomic E-state index is 0.108. The number of anilines is 1. The standard InChI is InChI=1S/C15H22N2O2S/c16-14-10-13-6-1-2-7-15(13)17(11-14)20(18,19)9-8-12-4-3-5-12/h1-2,6-7,12,14H,3-5,8-11,16H2. The van der Waals surface area contributed by atoms with Crippen LogP contribution in [-0.4, -0.2) is 26.8 Å². The van der Waals surface area contributed by atoms with E-state index in [-0.39, 0.29) is 11.8 Å². The van der Waals surface area contributed by atoms with Crippen molar-refractivity contribution in [3.63, 3.8) is 0 Å². The first-order valence-electron chi connectivity index (χ1n) is 7.40. The lowest BCUT2D eigenvalue weighted by atomic mass is 9.84. The molecule has 0 spiro atoms. The molecule has 2 N–H and O–H groups in total. The molecule has 1 saturated carbocycles. The number of benzene rings is 1. The third-order valence-electron chi connectivity index (χ3n) is 4.49. The van der Waals surface area contributed by atoms with Crippen LogP contribution in [0.4, 0.5) is 5.69 Å². The zero-order valence-corrected chi connectivity index (χ0v) is 12.5. The van der Waals surface area contributed by atoms with Gasteiger partial charge in [-0.05, 0) is 30.4 Å². The minimum atomic E-state index is -3.25. The summed E-state index contributed by atoms with van der Waals surface area (Å²) in [5.74, 6) is 0.858. The lowest BCUT2D eigenvalue weighted by molar-refractivity contribution is 0.307. The number of sulfonamides is 1. The molecule has 4 nitrogen and oxygen atoms in total. The maximum atomic E-state index is 12.6. The Labute approximate surface area is 121 Å². The van der Waals surface area contributed by atoms with Crippen molar-refractivity contribution in [3.05, 3.63) is 29.8 Å². The Morgan fingerprint density at radius 1 is 1.25 bits per heavy atom. The van der Waals surface area contributed by atoms with Gasteiger partial charge < -0.3 is 5.73 Å². The second-order valence-corrected chi connectivity index (χ2v) is 8.04. The van der Waals surface area contributed by atoms with Crippen molar-refractivity contribution in [2.75, 3.05) is 16.6 Å². The molecule has 3 rings (SSSR count). The van der Waals surface area contributed by atoms with Crippen molar-refractivity contribution >= 4 is 15.7 Å². The average Bonchev–Trinajstić information content (AvgIpc) is 2.35. The van der Waals surface area contributed by atoms with E-state index in [0.29, 0.717) is 12.5 Å². The molecule has 110 valence electrons. The Morgan fingerprint density at radius 2 is 2.00 bits per heavy atom. The van der Waals surface area contributed by atoms with Gasteiger partial charge in [0.1, 0.15) is 0 Å². The fourth-order valence-electron chi connectivity index (χ4n) is 3.06. The van der Waals surface area contributed by atoms with Crippen LogP contribution in [0.25, 0.3) is 0 Å². The van der Waals surface area contributed by atoms with Gasteiger partial charge in [0.15, 0.2) is 0 Å². The monoisotopic (exact) mass is 294 g/mol. The lowest BCUT2D eigenvalue weighted by Gasteiger charge is -2.34. The Balaban J connectivity index is 1.81. The van der Waals surface area contributed by atoms with Gasteiger partial charge in [-0.15, -0.1) is 0 Å². The third-order valence-corrected chi connectivity index (χ3v) is 6.26. The first-order valence-corrected chi connectivity index (χ1v) is 9.01. The van der Waals surface area contributed by atoms with Crippen LogP contribution in [0.5, 0.6) is 0 Å². The van der Waals surface area contributed by atoms with Crippen LogP contribution in [0, 0.1) is 5.92 Å². The highest BCUT2D eigenvalue weighted by Gasteiger charge is 2.31. The van der Waals surface area contributed by atoms with Crippen LogP contribution in [-0.2, 0) is 16.4 Å². The van der Waals surface area contributed by atoms with Gasteiger partial charge in [0.25, 0.3) is 0 Å². The van der Waals surface area contributed by atoms with Crippen molar-refractivity contribution in [3.8, 4) is 0 Å². The summed E-state index contributed by atoms with van der Waals surface area (Å²) < 4.78 is 26.8. The van der Waals surface area contributed by atoms with Crippen molar-refractivity contribution in [2.24, 2.45) is 11.7 Å². The Morgan fingerprint density at radius 3 is 2.70 bits per heavy atom. The molecule has 0 aromatic heterocycles. The zero-order chi connectivity index (χ0) is 14.2. The molecule has 1 aliphatic carbocycles. The van der Waals surface area contributed by atoms with Crippen LogP contribution in [0.1, 0.15) is 31.2 Å². The summed E-state index contributed by atoms with van der Waals surface area (Å²) in [5, 5.41) is 0. The number of para-hydroxylation sites is 1. The number of hydrogen-bond donors (Lipinski definition) is 1. The van der Waals surface area contributed by atoms with Gasteiger partial charge in [0.05, 0.1) is 11.4 Å². The fraction of sp³-hybridized carbons (Fsp3) is 0.600. The number of nitrogens with two attached hydrogens (primary N) is 1. The highest BCUT2D eigenvalue weighted by atomic mass is 32.2. The van der Waals surface area contributed by atoms with E-state index in [0.717, 1.165) is 24.1 Å². The van der Waals surface area contributed by atoms with Crippen molar-refractivity contribution in [2.45, 2.75) is 38.1 Å². The van der Waals surface area contributed by atoms with Gasteiger partial charge in [0, 0.05) is 12.6 Å². The maximum absolute atomic E-state index is 12.6. The summed E-state index contributed by atoms with van der Waals surface area (Å²) in [7, 11) is -3.25. The second-order valence-electron chi connectivity index (χ2n) is 6.03. The molecule has 1 unspecified atom stereocenters. The SMILES string of the molecule is NC1Cc2ccccc2N(S(=O)(=O)CCC2CCC2)C1. The molecule has 1 heterocycles. The second kappa shape index (κ2) is 5.37. The normalized spacial score (nSPS) is 23.2. The maximum Gasteiger partial charge on any atom is 0.235 e. The van der Waals surface area contributed by atoms with Crippen LogP contribution in [0.15, 0.2) is 24.3 Å². The van der Waals surface area contributed by atoms with E-state index in [4.69, 9.17) is 5.73 Å². The number of hydrogen-bond acceptors (Lipinski definition) is 3. The summed E-state index contributed by atoms with van der Waals surface area (Å²) in [5.41, 5.74) is 7.89. The number of rotatable bonds is 4. The predicted molar refractivity (Wildman–Crippen MR) is 81.2 cm³/mol. The summed E-state index contributed by atoms with van der Waals surface area (Å²) in [6.45, 7) is 0.407. The molecule has 1 aromatic rings. The van der Waals surface area contributed by atoms with Crippen LogP contribution >= 0.6 is 0 Å². The van der Waals surface area contributed by atoms with Gasteiger partial charge in [-0.3, -0.25) is 4.31 Å². The lowest BCUT2D eigenvalue weighted by Crippen LogP contribution is -2.47. The van der Waals surface area contributed by atoms with Crippen molar-refractivity contribution in [1.29, 1.82) is 0 Å². The molecule has 0 radical (unpaired) electrons. The Bertz CT molecular complexity index is 581. The molecular weight excluding hydrogens is 272 g/mol. The third kappa shape index (κ3) is 2.69. The Hall–Kier alpha value is -1.07. The van der Waals surface area contributed by atoms with E-state index in [1.165, 1.54) is 23.6 Å². The minimum Gasteiger partial charge on any atom is -0.326 e. The van der Waals surface area contributed by atoms with E-state index in [1.807, 2.05) is 24.3 Å². The van der Waals surface area contributed by atoms with Gasteiger partial charge in [0.2, 0.25) is 10.0 Å². The van der Waals surface area contributed by atoms with Gasteiger partial charge >= 0.3 is 0 Å². The molecule has 20 heavy (non-hydrogen) atoms. The molecule has 0 saturated heterocycles. The van der Waals surface area contributed by atoms with Gasteiger partial charge in [-0.1, -0.05) is 37.5 Å². The highest BCUT2D eigenvalue weighted by molar-refractivity contribution is 7.92. The average molecular weight is 294 g/mol. The van der Waals surface area contributed by atoms with Crippen molar-refractivity contribution < 1.29 is 8.42 Å². The van der Waals surface area contributed by atoms with E-state index in [1.54, 1.807) is 0 Å². The first-order chi connectivity index (χ1) is 9.56. The summed E-state index contributed by atoms with van der Waals surface area (Å²) in [6.07, 6.45) is 5.17. The molecule has 0 bridgehead atoms. The van der Waals surface area contributed by atoms with Gasteiger partial charge in [-0.25, -0.2) is 8.42 Å². The molecule has 1 fully saturated rings. The molecular formula is C15H22N2O2S. The molecule has 1 aromatic carbocycles. The summed E-state index contributed by atoms with van der Waals surface area (Å²) in [4.78, 5) is 0. The van der Waals surface area contributed by atoms with Crippen molar-refractivity contribution in [1.82, 2.24) is 0 Å². The van der Waals surface area contributed by atoms with E-state index in [9.17, 15) is 8.42 Å². The van der Waals surface area contributed by atoms with Crippen LogP contribution in [0.3, 0.4) is 0 Å². The molecule has 1 aliphatic heterocycles. The van der Waals surface area contributed by atoms with Crippen LogP contribution < -0.4 is 10.0 Å². The summed E-state index contributed by atoms with van der Waals surface area (Å²) in [6, 6.07) is 7.59. The number of nitrogens with zero attached hydrogens (tertiary/aromatic N) is 1. The molecule has 0 amide bonds. The molecule has 2 aliphatic rings. The highest BCUT2D eigenvalue weighted by Crippen LogP contribution is 2.32. The fourth-order valence-corrected chi connectivity index (χ4v) is 4.80. The Kier molecular flexibility index (Phi) is 3.73. The van der Waals surface area contributed by atoms with E-state index < -0.39 is 10.0 Å². The largest absolute Gasteiger partial charge is 0.326 e. The van der Waals surface area contributed by atoms with Crippen LogP contribution in [0.2, 0.25) is 0 Å². The van der Waals surface area contributed by atoms with E-state index in [2.05, 4.69) is 0 Å². The zero-order valence-electron chi connectivity index (χ0n) is 11.7. The number of fused-ring (bicyclic) bond motifs is 1.